The summed E-state index contributed by atoms with van der Waals surface area (Å²) in [4.78, 5) is 0. The number of benzene rings is 1. The number of nitrogens with zero attached hydrogens (tertiary/aromatic N) is 2. The number of ether oxygens (including phenoxy) is 1. The fourth-order valence-electron chi connectivity index (χ4n) is 2.23. The van der Waals surface area contributed by atoms with Crippen molar-refractivity contribution in [2.24, 2.45) is 0 Å². The molecule has 0 fully saturated rings. The number of halogens is 1. The van der Waals surface area contributed by atoms with E-state index in [0.717, 1.165) is 28.6 Å². The summed E-state index contributed by atoms with van der Waals surface area (Å²) in [5.41, 5.74) is 2.00. The van der Waals surface area contributed by atoms with E-state index in [1.54, 1.807) is 13.3 Å². The Morgan fingerprint density at radius 1 is 1.42 bits per heavy atom. The molecule has 0 aliphatic heterocycles. The summed E-state index contributed by atoms with van der Waals surface area (Å²) in [6.07, 6.45) is 1.74. The molecule has 5 heteroatoms. The van der Waals surface area contributed by atoms with Crippen molar-refractivity contribution in [2.45, 2.75) is 19.5 Å². The minimum absolute atomic E-state index is 0.0499. The maximum absolute atomic E-state index is 6.30. The molecule has 0 spiro atoms. The van der Waals surface area contributed by atoms with E-state index in [4.69, 9.17) is 16.3 Å². The van der Waals surface area contributed by atoms with Crippen LogP contribution in [-0.4, -0.2) is 23.9 Å². The van der Waals surface area contributed by atoms with Gasteiger partial charge in [-0.2, -0.15) is 5.10 Å². The molecule has 102 valence electrons. The van der Waals surface area contributed by atoms with Crippen molar-refractivity contribution in [1.82, 2.24) is 15.1 Å². The lowest BCUT2D eigenvalue weighted by Gasteiger charge is -2.20. The fraction of sp³-hybridized carbons (Fsp3) is 0.357. The van der Waals surface area contributed by atoms with Gasteiger partial charge in [0.25, 0.3) is 0 Å². The van der Waals surface area contributed by atoms with Gasteiger partial charge in [-0.15, -0.1) is 0 Å². The van der Waals surface area contributed by atoms with Gasteiger partial charge < -0.3 is 10.1 Å². The molecule has 2 rings (SSSR count). The Kier molecular flexibility index (Phi) is 4.45. The molecule has 19 heavy (non-hydrogen) atoms. The second kappa shape index (κ2) is 6.08. The number of aryl methyl sites for hydroxylation is 1. The second-order valence-electron chi connectivity index (χ2n) is 4.16. The SMILES string of the molecule is CCn1ncc(OC)c1C(NC)c1ccccc1Cl. The van der Waals surface area contributed by atoms with Gasteiger partial charge in [0.05, 0.1) is 19.3 Å². The average molecular weight is 280 g/mol. The Hall–Kier alpha value is -1.52. The number of hydrogen-bond acceptors (Lipinski definition) is 3. The van der Waals surface area contributed by atoms with Gasteiger partial charge >= 0.3 is 0 Å². The summed E-state index contributed by atoms with van der Waals surface area (Å²) in [5.74, 6) is 0.765. The van der Waals surface area contributed by atoms with Crippen LogP contribution in [0, 0.1) is 0 Å². The number of methoxy groups -OCH3 is 1. The van der Waals surface area contributed by atoms with Crippen LogP contribution < -0.4 is 10.1 Å². The van der Waals surface area contributed by atoms with E-state index >= 15 is 0 Å². The Morgan fingerprint density at radius 3 is 2.74 bits per heavy atom. The molecule has 1 atom stereocenters. The lowest BCUT2D eigenvalue weighted by molar-refractivity contribution is 0.401. The molecule has 0 aliphatic carbocycles. The molecule has 1 aromatic heterocycles. The van der Waals surface area contributed by atoms with Crippen LogP contribution in [0.3, 0.4) is 0 Å². The van der Waals surface area contributed by atoms with Crippen LogP contribution in [0.2, 0.25) is 5.02 Å². The van der Waals surface area contributed by atoms with Crippen molar-refractivity contribution in [2.75, 3.05) is 14.2 Å². The molecule has 0 bridgehead atoms. The van der Waals surface area contributed by atoms with Crippen molar-refractivity contribution >= 4 is 11.6 Å². The van der Waals surface area contributed by atoms with Gasteiger partial charge in [-0.1, -0.05) is 29.8 Å². The van der Waals surface area contributed by atoms with E-state index in [2.05, 4.69) is 17.3 Å². The summed E-state index contributed by atoms with van der Waals surface area (Å²) >= 11 is 6.30. The third-order valence-electron chi connectivity index (χ3n) is 3.14. The van der Waals surface area contributed by atoms with E-state index in [0.29, 0.717) is 0 Å². The number of aromatic nitrogens is 2. The highest BCUT2D eigenvalue weighted by atomic mass is 35.5. The van der Waals surface area contributed by atoms with Crippen molar-refractivity contribution in [3.63, 3.8) is 0 Å². The first kappa shape index (κ1) is 13.9. The first-order valence-corrected chi connectivity index (χ1v) is 6.62. The zero-order chi connectivity index (χ0) is 13.8. The van der Waals surface area contributed by atoms with E-state index in [9.17, 15) is 0 Å². The van der Waals surface area contributed by atoms with Crippen LogP contribution >= 0.6 is 11.6 Å². The minimum atomic E-state index is -0.0499. The molecule has 0 aliphatic rings. The normalized spacial score (nSPS) is 12.4. The van der Waals surface area contributed by atoms with Crippen molar-refractivity contribution in [3.05, 3.63) is 46.7 Å². The minimum Gasteiger partial charge on any atom is -0.493 e. The van der Waals surface area contributed by atoms with E-state index in [1.165, 1.54) is 0 Å². The summed E-state index contributed by atoms with van der Waals surface area (Å²) in [7, 11) is 3.56. The quantitative estimate of drug-likeness (QED) is 0.915. The monoisotopic (exact) mass is 279 g/mol. The predicted octanol–water partition coefficient (Wildman–Crippen LogP) is 2.87. The molecule has 0 saturated heterocycles. The maximum Gasteiger partial charge on any atom is 0.161 e. The van der Waals surface area contributed by atoms with Gasteiger partial charge in [0.1, 0.15) is 5.69 Å². The lowest BCUT2D eigenvalue weighted by Crippen LogP contribution is -2.22. The van der Waals surface area contributed by atoms with Crippen LogP contribution in [0.4, 0.5) is 0 Å². The summed E-state index contributed by atoms with van der Waals surface area (Å²) < 4.78 is 7.33. The van der Waals surface area contributed by atoms with Gasteiger partial charge in [-0.05, 0) is 25.6 Å². The van der Waals surface area contributed by atoms with E-state index in [-0.39, 0.29) is 6.04 Å². The van der Waals surface area contributed by atoms with Gasteiger partial charge in [-0.3, -0.25) is 4.68 Å². The fourth-order valence-corrected chi connectivity index (χ4v) is 2.47. The van der Waals surface area contributed by atoms with Crippen molar-refractivity contribution < 1.29 is 4.74 Å². The molecule has 0 radical (unpaired) electrons. The summed E-state index contributed by atoms with van der Waals surface area (Å²) in [6, 6.07) is 7.75. The first-order chi connectivity index (χ1) is 9.22. The Bertz CT molecular complexity index is 532. The zero-order valence-corrected chi connectivity index (χ0v) is 12.1. The highest BCUT2D eigenvalue weighted by Gasteiger charge is 2.23. The second-order valence-corrected chi connectivity index (χ2v) is 4.56. The van der Waals surface area contributed by atoms with E-state index in [1.807, 2.05) is 36.0 Å². The number of nitrogens with one attached hydrogen (secondary N) is 1. The maximum atomic E-state index is 6.30. The third-order valence-corrected chi connectivity index (χ3v) is 3.49. The molecular formula is C14H18ClN3O. The number of hydrogen-bond donors (Lipinski definition) is 1. The van der Waals surface area contributed by atoms with Crippen LogP contribution in [0.1, 0.15) is 24.2 Å². The topological polar surface area (TPSA) is 39.1 Å². The highest BCUT2D eigenvalue weighted by molar-refractivity contribution is 6.31. The molecule has 4 nitrogen and oxygen atoms in total. The molecule has 0 saturated carbocycles. The summed E-state index contributed by atoms with van der Waals surface area (Å²) in [6.45, 7) is 2.83. The summed E-state index contributed by atoms with van der Waals surface area (Å²) in [5, 5.41) is 8.35. The zero-order valence-electron chi connectivity index (χ0n) is 11.4. The number of rotatable bonds is 5. The van der Waals surface area contributed by atoms with Crippen LogP contribution in [0.5, 0.6) is 5.75 Å². The smallest absolute Gasteiger partial charge is 0.161 e. The predicted molar refractivity (Wildman–Crippen MR) is 76.8 cm³/mol. The molecule has 1 aromatic carbocycles. The lowest BCUT2D eigenvalue weighted by atomic mass is 10.0. The molecule has 1 N–H and O–H groups in total. The average Bonchev–Trinajstić information content (AvgIpc) is 2.85. The van der Waals surface area contributed by atoms with Gasteiger partial charge in [0.15, 0.2) is 5.75 Å². The van der Waals surface area contributed by atoms with Gasteiger partial charge in [0.2, 0.25) is 0 Å². The van der Waals surface area contributed by atoms with E-state index < -0.39 is 0 Å². The van der Waals surface area contributed by atoms with Crippen LogP contribution in [-0.2, 0) is 6.54 Å². The van der Waals surface area contributed by atoms with Crippen molar-refractivity contribution in [3.8, 4) is 5.75 Å². The first-order valence-electron chi connectivity index (χ1n) is 6.24. The molecule has 1 heterocycles. The molecule has 0 amide bonds. The largest absolute Gasteiger partial charge is 0.493 e. The Labute approximate surface area is 118 Å². The molecule has 2 aromatic rings. The Balaban J connectivity index is 2.54. The third kappa shape index (κ3) is 2.60. The highest BCUT2D eigenvalue weighted by Crippen LogP contribution is 2.33. The van der Waals surface area contributed by atoms with Crippen molar-refractivity contribution in [1.29, 1.82) is 0 Å². The van der Waals surface area contributed by atoms with Crippen LogP contribution in [0.25, 0.3) is 0 Å². The molecular weight excluding hydrogens is 262 g/mol. The molecule has 1 unspecified atom stereocenters. The van der Waals surface area contributed by atoms with Gasteiger partial charge in [0, 0.05) is 11.6 Å². The standard InChI is InChI=1S/C14H18ClN3O/c1-4-18-14(12(19-3)9-17-18)13(16-2)10-7-5-6-8-11(10)15/h5-9,13,16H,4H2,1-3H3. The Morgan fingerprint density at radius 2 is 2.16 bits per heavy atom. The van der Waals surface area contributed by atoms with Crippen LogP contribution in [0.15, 0.2) is 30.5 Å². The van der Waals surface area contributed by atoms with Gasteiger partial charge in [-0.25, -0.2) is 0 Å².